The molecule has 1 atom stereocenters. The number of ether oxygens (including phenoxy) is 1. The molecule has 0 heterocycles. The van der Waals surface area contributed by atoms with E-state index in [0.29, 0.717) is 10.6 Å². The molecule has 0 radical (unpaired) electrons. The maximum absolute atomic E-state index is 12.6. The molecule has 0 fully saturated rings. The van der Waals surface area contributed by atoms with Gasteiger partial charge in [0.25, 0.3) is 5.91 Å². The van der Waals surface area contributed by atoms with Crippen molar-refractivity contribution in [2.45, 2.75) is 36.5 Å². The molecule has 0 aliphatic heterocycles. The average molecular weight is 424 g/mol. The van der Waals surface area contributed by atoms with Crippen LogP contribution in [0.15, 0.2) is 53.4 Å². The number of nitrogens with one attached hydrogen (secondary N) is 1. The fourth-order valence-electron chi connectivity index (χ4n) is 2.56. The molecule has 2 aromatic rings. The highest BCUT2D eigenvalue weighted by Crippen LogP contribution is 2.26. The summed E-state index contributed by atoms with van der Waals surface area (Å²) < 4.78 is 29.1. The molecule has 1 N–H and O–H groups in total. The molecule has 0 aliphatic carbocycles. The lowest BCUT2D eigenvalue weighted by Gasteiger charge is -2.19. The van der Waals surface area contributed by atoms with Gasteiger partial charge in [-0.15, -0.1) is 0 Å². The summed E-state index contributed by atoms with van der Waals surface area (Å²) in [6, 6.07) is 11.9. The number of carbonyl (C=O) groups excluding carboxylic acids is 2. The lowest BCUT2D eigenvalue weighted by Crippen LogP contribution is -2.30. The van der Waals surface area contributed by atoms with E-state index in [2.05, 4.69) is 5.32 Å². The molecule has 2 aromatic carbocycles. The molecule has 1 unspecified atom stereocenters. The van der Waals surface area contributed by atoms with Gasteiger partial charge in [0.2, 0.25) is 0 Å². The van der Waals surface area contributed by atoms with E-state index in [0.717, 1.165) is 0 Å². The standard InChI is InChI=1S/C20H22ClNO5S/c1-13(2)28(25,26)15-10-8-14(9-11-15)20(24)22-18(12-19(23)27-3)16-6-4-5-7-17(16)21/h4-11,13,18H,12H2,1-3H3,(H,22,24). The summed E-state index contributed by atoms with van der Waals surface area (Å²) in [6.07, 6.45) is -0.0915. The van der Waals surface area contributed by atoms with Crippen molar-refractivity contribution in [2.24, 2.45) is 0 Å². The molecule has 0 aliphatic rings. The number of carbonyl (C=O) groups is 2. The van der Waals surface area contributed by atoms with Crippen molar-refractivity contribution in [2.75, 3.05) is 7.11 Å². The van der Waals surface area contributed by atoms with Gasteiger partial charge in [-0.25, -0.2) is 8.42 Å². The van der Waals surface area contributed by atoms with Gasteiger partial charge in [0.15, 0.2) is 9.84 Å². The Kier molecular flexibility index (Phi) is 7.21. The molecule has 1 amide bonds. The predicted molar refractivity (Wildman–Crippen MR) is 107 cm³/mol. The van der Waals surface area contributed by atoms with Gasteiger partial charge < -0.3 is 10.1 Å². The Morgan fingerprint density at radius 1 is 1.07 bits per heavy atom. The van der Waals surface area contributed by atoms with Crippen LogP contribution in [-0.4, -0.2) is 32.7 Å². The third kappa shape index (κ3) is 5.11. The molecule has 2 rings (SSSR count). The van der Waals surface area contributed by atoms with Crippen LogP contribution in [0.4, 0.5) is 0 Å². The Morgan fingerprint density at radius 2 is 1.68 bits per heavy atom. The van der Waals surface area contributed by atoms with E-state index in [1.54, 1.807) is 38.1 Å². The quantitative estimate of drug-likeness (QED) is 0.688. The highest BCUT2D eigenvalue weighted by Gasteiger charge is 2.23. The van der Waals surface area contributed by atoms with E-state index in [1.165, 1.54) is 31.4 Å². The van der Waals surface area contributed by atoms with Crippen LogP contribution >= 0.6 is 11.6 Å². The van der Waals surface area contributed by atoms with Gasteiger partial charge in [-0.1, -0.05) is 29.8 Å². The summed E-state index contributed by atoms with van der Waals surface area (Å²) in [4.78, 5) is 24.6. The average Bonchev–Trinajstić information content (AvgIpc) is 2.67. The van der Waals surface area contributed by atoms with Crippen LogP contribution in [0.2, 0.25) is 5.02 Å². The zero-order valence-corrected chi connectivity index (χ0v) is 17.4. The minimum atomic E-state index is -3.42. The number of halogens is 1. The first kappa shape index (κ1) is 21.9. The van der Waals surface area contributed by atoms with Gasteiger partial charge in [0.05, 0.1) is 29.7 Å². The van der Waals surface area contributed by atoms with Gasteiger partial charge >= 0.3 is 5.97 Å². The van der Waals surface area contributed by atoms with Crippen LogP contribution < -0.4 is 5.32 Å². The Labute approximate surface area is 169 Å². The number of rotatable bonds is 7. The normalized spacial score (nSPS) is 12.5. The van der Waals surface area contributed by atoms with Crippen molar-refractivity contribution in [3.05, 3.63) is 64.7 Å². The first-order chi connectivity index (χ1) is 13.2. The van der Waals surface area contributed by atoms with Crippen LogP contribution in [0.1, 0.15) is 42.2 Å². The monoisotopic (exact) mass is 423 g/mol. The second-order valence-corrected chi connectivity index (χ2v) is 9.36. The number of methoxy groups -OCH3 is 1. The summed E-state index contributed by atoms with van der Waals surface area (Å²) in [6.45, 7) is 3.19. The molecule has 0 saturated heterocycles. The van der Waals surface area contributed by atoms with Crippen molar-refractivity contribution in [3.8, 4) is 0 Å². The van der Waals surface area contributed by atoms with Gasteiger partial charge in [-0.3, -0.25) is 9.59 Å². The van der Waals surface area contributed by atoms with Crippen LogP contribution in [0.3, 0.4) is 0 Å². The van der Waals surface area contributed by atoms with E-state index < -0.39 is 33.0 Å². The topological polar surface area (TPSA) is 89.5 Å². The largest absolute Gasteiger partial charge is 0.469 e. The summed E-state index contributed by atoms with van der Waals surface area (Å²) in [5.41, 5.74) is 0.853. The first-order valence-corrected chi connectivity index (χ1v) is 10.5. The molecule has 150 valence electrons. The maximum atomic E-state index is 12.6. The smallest absolute Gasteiger partial charge is 0.307 e. The van der Waals surface area contributed by atoms with Crippen molar-refractivity contribution in [3.63, 3.8) is 0 Å². The fourth-order valence-corrected chi connectivity index (χ4v) is 3.88. The predicted octanol–water partition coefficient (Wildman–Crippen LogP) is 3.56. The Hall–Kier alpha value is -2.38. The highest BCUT2D eigenvalue weighted by molar-refractivity contribution is 7.92. The fraction of sp³-hybridized carbons (Fsp3) is 0.300. The van der Waals surface area contributed by atoms with E-state index in [-0.39, 0.29) is 16.9 Å². The van der Waals surface area contributed by atoms with Crippen LogP contribution in [0.5, 0.6) is 0 Å². The first-order valence-electron chi connectivity index (χ1n) is 8.63. The highest BCUT2D eigenvalue weighted by atomic mass is 35.5. The second-order valence-electron chi connectivity index (χ2n) is 6.45. The zero-order valence-electron chi connectivity index (χ0n) is 15.8. The van der Waals surface area contributed by atoms with Crippen LogP contribution in [-0.2, 0) is 19.4 Å². The van der Waals surface area contributed by atoms with Crippen LogP contribution in [0.25, 0.3) is 0 Å². The van der Waals surface area contributed by atoms with Gasteiger partial charge in [-0.2, -0.15) is 0 Å². The van der Waals surface area contributed by atoms with Gasteiger partial charge in [0.1, 0.15) is 0 Å². The number of hydrogen-bond donors (Lipinski definition) is 1. The van der Waals surface area contributed by atoms with E-state index >= 15 is 0 Å². The Bertz CT molecular complexity index is 955. The lowest BCUT2D eigenvalue weighted by atomic mass is 10.0. The molecule has 0 bridgehead atoms. The number of esters is 1. The van der Waals surface area contributed by atoms with Gasteiger partial charge in [-0.05, 0) is 49.7 Å². The molecule has 0 aromatic heterocycles. The molecule has 0 spiro atoms. The third-order valence-corrected chi connectivity index (χ3v) is 6.76. The van der Waals surface area contributed by atoms with E-state index in [4.69, 9.17) is 16.3 Å². The van der Waals surface area contributed by atoms with Crippen molar-refractivity contribution < 1.29 is 22.7 Å². The third-order valence-electron chi connectivity index (χ3n) is 4.25. The summed E-state index contributed by atoms with van der Waals surface area (Å²) >= 11 is 6.21. The van der Waals surface area contributed by atoms with E-state index in [1.807, 2.05) is 0 Å². The van der Waals surface area contributed by atoms with Crippen molar-refractivity contribution in [1.29, 1.82) is 0 Å². The molecular weight excluding hydrogens is 402 g/mol. The molecule has 28 heavy (non-hydrogen) atoms. The minimum Gasteiger partial charge on any atom is -0.469 e. The van der Waals surface area contributed by atoms with Crippen LogP contribution in [0, 0.1) is 0 Å². The number of benzene rings is 2. The molecule has 8 heteroatoms. The Balaban J connectivity index is 2.26. The Morgan fingerprint density at radius 3 is 2.21 bits per heavy atom. The second kappa shape index (κ2) is 9.21. The van der Waals surface area contributed by atoms with Gasteiger partial charge in [0, 0.05) is 10.6 Å². The zero-order chi connectivity index (χ0) is 20.9. The molecule has 0 saturated carbocycles. The summed E-state index contributed by atoms with van der Waals surface area (Å²) in [5.74, 6) is -0.953. The molecule has 6 nitrogen and oxygen atoms in total. The molecular formula is C20H22ClNO5S. The van der Waals surface area contributed by atoms with E-state index in [9.17, 15) is 18.0 Å². The maximum Gasteiger partial charge on any atom is 0.307 e. The van der Waals surface area contributed by atoms with Crippen molar-refractivity contribution in [1.82, 2.24) is 5.32 Å². The summed E-state index contributed by atoms with van der Waals surface area (Å²) in [7, 11) is -2.16. The summed E-state index contributed by atoms with van der Waals surface area (Å²) in [5, 5.41) is 2.62. The number of hydrogen-bond acceptors (Lipinski definition) is 5. The minimum absolute atomic E-state index is 0.0915. The number of amides is 1. The van der Waals surface area contributed by atoms with Crippen molar-refractivity contribution >= 4 is 33.3 Å². The lowest BCUT2D eigenvalue weighted by molar-refractivity contribution is -0.141. The number of sulfone groups is 1. The SMILES string of the molecule is COC(=O)CC(NC(=O)c1ccc(S(=O)(=O)C(C)C)cc1)c1ccccc1Cl.